The van der Waals surface area contributed by atoms with Crippen molar-refractivity contribution in [3.63, 3.8) is 0 Å². The molecule has 10 heteroatoms. The topological polar surface area (TPSA) is 101 Å². The van der Waals surface area contributed by atoms with Crippen molar-refractivity contribution in [1.29, 1.82) is 0 Å². The van der Waals surface area contributed by atoms with Gasteiger partial charge in [-0.15, -0.1) is 0 Å². The van der Waals surface area contributed by atoms with Crippen LogP contribution in [0.2, 0.25) is 0 Å². The fourth-order valence-electron chi connectivity index (χ4n) is 5.52. The van der Waals surface area contributed by atoms with Crippen LogP contribution in [-0.4, -0.2) is 134 Å². The Morgan fingerprint density at radius 3 is 1.55 bits per heavy atom. The summed E-state index contributed by atoms with van der Waals surface area (Å²) in [7, 11) is 7.87. The number of ether oxygens (including phenoxy) is 5. The molecular formula is C37H76N2O8+2. The summed E-state index contributed by atoms with van der Waals surface area (Å²) in [6, 6.07) is 0. The maximum absolute atomic E-state index is 11.3. The highest BCUT2D eigenvalue weighted by atomic mass is 16.5. The molecule has 10 nitrogen and oxygen atoms in total. The van der Waals surface area contributed by atoms with Crippen LogP contribution in [0.4, 0.5) is 0 Å². The summed E-state index contributed by atoms with van der Waals surface area (Å²) in [6.07, 6.45) is 19.0. The molecule has 0 aromatic heterocycles. The summed E-state index contributed by atoms with van der Waals surface area (Å²) < 4.78 is 30.7. The van der Waals surface area contributed by atoms with Crippen LogP contribution >= 0.6 is 0 Å². The summed E-state index contributed by atoms with van der Waals surface area (Å²) in [5.74, 6) is -0.807. The van der Waals surface area contributed by atoms with Crippen molar-refractivity contribution in [2.24, 2.45) is 5.41 Å². The number of rotatable bonds is 37. The van der Waals surface area contributed by atoms with Gasteiger partial charge in [0.2, 0.25) is 6.73 Å². The van der Waals surface area contributed by atoms with Gasteiger partial charge in [0, 0.05) is 25.2 Å². The van der Waals surface area contributed by atoms with Crippen LogP contribution in [0.25, 0.3) is 0 Å². The summed E-state index contributed by atoms with van der Waals surface area (Å²) in [6.45, 7) is 11.7. The molecule has 0 aliphatic rings. The van der Waals surface area contributed by atoms with Crippen LogP contribution in [-0.2, 0) is 33.3 Å². The van der Waals surface area contributed by atoms with Gasteiger partial charge in [-0.1, -0.05) is 90.9 Å². The number of unbranched alkanes of at least 4 members (excludes halogenated alkanes) is 12. The lowest BCUT2D eigenvalue weighted by Gasteiger charge is -2.35. The van der Waals surface area contributed by atoms with E-state index in [9.17, 15) is 14.7 Å². The highest BCUT2D eigenvalue weighted by Crippen LogP contribution is 2.28. The van der Waals surface area contributed by atoms with Gasteiger partial charge >= 0.3 is 5.97 Å². The second kappa shape index (κ2) is 29.6. The van der Waals surface area contributed by atoms with Crippen molar-refractivity contribution in [2.75, 3.05) is 107 Å². The van der Waals surface area contributed by atoms with Gasteiger partial charge in [-0.2, -0.15) is 0 Å². The number of carbonyl (C=O) groups is 2. The van der Waals surface area contributed by atoms with E-state index in [1.54, 1.807) is 0 Å². The van der Waals surface area contributed by atoms with Gasteiger partial charge in [-0.25, -0.2) is 4.79 Å². The third-order valence-electron chi connectivity index (χ3n) is 8.74. The summed E-state index contributed by atoms with van der Waals surface area (Å²) in [4.78, 5) is 22.0. The van der Waals surface area contributed by atoms with Crippen molar-refractivity contribution in [2.45, 2.75) is 117 Å². The Morgan fingerprint density at radius 2 is 1.02 bits per heavy atom. The fourth-order valence-corrected chi connectivity index (χ4v) is 5.52. The van der Waals surface area contributed by atoms with Crippen LogP contribution in [0.1, 0.15) is 117 Å². The van der Waals surface area contributed by atoms with Crippen molar-refractivity contribution in [1.82, 2.24) is 0 Å². The molecule has 0 aliphatic carbocycles. The SMILES string of the molecule is CCCCCCCCCCOC[C@@](CCCCCCOCCCCC)(COCC[N+](C)(C)COC=O)COCC[N+](C)(C)CC(=O)O. The molecule has 0 fully saturated rings. The summed E-state index contributed by atoms with van der Waals surface area (Å²) >= 11 is 0. The van der Waals surface area contributed by atoms with E-state index in [1.807, 2.05) is 28.2 Å². The predicted molar refractivity (Wildman–Crippen MR) is 189 cm³/mol. The molecule has 1 N–H and O–H groups in total. The number of quaternary nitrogens is 2. The predicted octanol–water partition coefficient (Wildman–Crippen LogP) is 6.69. The number of carboxylic acids is 1. The second-order valence-electron chi connectivity index (χ2n) is 14.9. The van der Waals surface area contributed by atoms with Gasteiger partial charge in [-0.3, -0.25) is 9.28 Å². The molecule has 0 rings (SSSR count). The van der Waals surface area contributed by atoms with Crippen LogP contribution in [0.15, 0.2) is 0 Å². The number of hydrogen-bond donors (Lipinski definition) is 1. The van der Waals surface area contributed by atoms with Gasteiger partial charge < -0.3 is 33.3 Å². The lowest BCUT2D eigenvalue weighted by atomic mass is 9.84. The van der Waals surface area contributed by atoms with Gasteiger partial charge in [-0.05, 0) is 25.7 Å². The maximum atomic E-state index is 11.3. The van der Waals surface area contributed by atoms with Gasteiger partial charge in [0.15, 0.2) is 6.54 Å². The molecule has 280 valence electrons. The fraction of sp³-hybridized carbons (Fsp3) is 0.946. The molecule has 0 aromatic rings. The smallest absolute Gasteiger partial charge is 0.359 e. The Bertz CT molecular complexity index is 711. The molecule has 0 heterocycles. The molecule has 0 saturated carbocycles. The van der Waals surface area contributed by atoms with E-state index in [4.69, 9.17) is 23.7 Å². The molecular weight excluding hydrogens is 600 g/mol. The molecule has 0 spiro atoms. The Balaban J connectivity index is 5.22. The van der Waals surface area contributed by atoms with Crippen molar-refractivity contribution >= 4 is 12.4 Å². The van der Waals surface area contributed by atoms with E-state index in [2.05, 4.69) is 13.8 Å². The minimum atomic E-state index is -0.807. The van der Waals surface area contributed by atoms with Crippen molar-refractivity contribution in [3.05, 3.63) is 0 Å². The first-order valence-corrected chi connectivity index (χ1v) is 18.7. The number of nitrogens with zero attached hydrogens (tertiary/aromatic N) is 2. The monoisotopic (exact) mass is 677 g/mol. The van der Waals surface area contributed by atoms with E-state index >= 15 is 0 Å². The Labute approximate surface area is 289 Å². The van der Waals surface area contributed by atoms with Crippen molar-refractivity contribution in [3.8, 4) is 0 Å². The number of carboxylic acid groups (broad SMARTS) is 1. The molecule has 0 amide bonds. The van der Waals surface area contributed by atoms with Crippen LogP contribution in [0.5, 0.6) is 0 Å². The molecule has 0 bridgehead atoms. The molecule has 0 unspecified atom stereocenters. The summed E-state index contributed by atoms with van der Waals surface area (Å²) in [5, 5.41) is 9.28. The molecule has 47 heavy (non-hydrogen) atoms. The number of likely N-dealkylation sites (N-methyl/N-ethyl adjacent to an activating group) is 2. The Morgan fingerprint density at radius 1 is 0.596 bits per heavy atom. The molecule has 1 atom stereocenters. The lowest BCUT2D eigenvalue weighted by Crippen LogP contribution is -2.47. The Kier molecular flexibility index (Phi) is 28.8. The highest BCUT2D eigenvalue weighted by molar-refractivity contribution is 5.67. The molecule has 0 aromatic carbocycles. The molecule has 0 radical (unpaired) electrons. The van der Waals surface area contributed by atoms with Gasteiger partial charge in [0.1, 0.15) is 13.1 Å². The first-order chi connectivity index (χ1) is 22.5. The normalized spacial score (nSPS) is 13.5. The van der Waals surface area contributed by atoms with E-state index in [-0.39, 0.29) is 12.0 Å². The van der Waals surface area contributed by atoms with Crippen LogP contribution < -0.4 is 0 Å². The van der Waals surface area contributed by atoms with E-state index < -0.39 is 5.97 Å². The molecule has 0 saturated heterocycles. The quantitative estimate of drug-likeness (QED) is 0.0337. The van der Waals surface area contributed by atoms with Gasteiger partial charge in [0.25, 0.3) is 6.47 Å². The van der Waals surface area contributed by atoms with E-state index in [0.29, 0.717) is 68.3 Å². The molecule has 0 aliphatic heterocycles. The Hall–Kier alpha value is -1.30. The van der Waals surface area contributed by atoms with Gasteiger partial charge in [0.05, 0.1) is 61.2 Å². The van der Waals surface area contributed by atoms with Crippen LogP contribution in [0, 0.1) is 5.41 Å². The third kappa shape index (κ3) is 29.3. The third-order valence-corrected chi connectivity index (χ3v) is 8.74. The highest BCUT2D eigenvalue weighted by Gasteiger charge is 2.32. The standard InChI is InChI=1S/C37H75N2O8/c1-7-9-11-12-13-14-16-21-27-44-31-37(32-45-28-23-38(3,4)30-36(41)42,33-46-29-24-39(5,6)34-47-35-40)22-18-15-17-20-26-43-25-19-10-8-2/h35H,7-34H2,1-6H3/q+1/p+1/t37-/m1/s1. The number of carbonyl (C=O) groups excluding carboxylic acids is 1. The first kappa shape index (κ1) is 45.7. The van der Waals surface area contributed by atoms with E-state index in [1.165, 1.54) is 57.8 Å². The average molecular weight is 677 g/mol. The maximum Gasteiger partial charge on any atom is 0.359 e. The summed E-state index contributed by atoms with van der Waals surface area (Å²) in [5.41, 5.74) is -0.294. The minimum absolute atomic E-state index is 0.0590. The first-order valence-electron chi connectivity index (χ1n) is 18.7. The largest absolute Gasteiger partial charge is 0.477 e. The average Bonchev–Trinajstić information content (AvgIpc) is 3.01. The minimum Gasteiger partial charge on any atom is -0.477 e. The van der Waals surface area contributed by atoms with Crippen molar-refractivity contribution < 1.29 is 47.3 Å². The zero-order chi connectivity index (χ0) is 35.1. The zero-order valence-corrected chi connectivity index (χ0v) is 31.6. The zero-order valence-electron chi connectivity index (χ0n) is 31.6. The van der Waals surface area contributed by atoms with E-state index in [0.717, 1.165) is 64.8 Å². The number of aliphatic carboxylic acids is 1. The second-order valence-corrected chi connectivity index (χ2v) is 14.9. The lowest BCUT2D eigenvalue weighted by molar-refractivity contribution is -0.907. The van der Waals surface area contributed by atoms with Crippen LogP contribution in [0.3, 0.4) is 0 Å². The number of hydrogen-bond acceptors (Lipinski definition) is 7.